The predicted octanol–water partition coefficient (Wildman–Crippen LogP) is 23.3. The van der Waals surface area contributed by atoms with Crippen LogP contribution in [-0.4, -0.2) is 18.3 Å². The molecule has 450 valence electrons. The highest BCUT2D eigenvalue weighted by Gasteiger charge is 2.57. The molecule has 96 heavy (non-hydrogen) atoms. The van der Waals surface area contributed by atoms with Gasteiger partial charge in [0, 0.05) is 94.8 Å². The van der Waals surface area contributed by atoms with Gasteiger partial charge < -0.3 is 23.2 Å². The minimum Gasteiger partial charge on any atom is -0.313 e. The first-order valence-electron chi connectivity index (χ1n) is 33.7. The molecule has 1 fully saturated rings. The summed E-state index contributed by atoms with van der Waals surface area (Å²) in [5, 5.41) is 8.93. The lowest BCUT2D eigenvalue weighted by Crippen LogP contribution is -2.15. The molecule has 4 aromatic heterocycles. The van der Waals surface area contributed by atoms with Crippen LogP contribution >= 0.6 is 0 Å². The smallest absolute Gasteiger partial charge is 0.0541 e. The summed E-state index contributed by atoms with van der Waals surface area (Å²) in [5.41, 5.74) is 29.8. The van der Waals surface area contributed by atoms with E-state index < -0.39 is 0 Å². The van der Waals surface area contributed by atoms with Gasteiger partial charge in [-0.15, -0.1) is 0 Å². The Balaban J connectivity index is 0.670. The zero-order valence-corrected chi connectivity index (χ0v) is 52.6. The van der Waals surface area contributed by atoms with Crippen LogP contribution in [0.25, 0.3) is 133 Å². The van der Waals surface area contributed by atoms with Crippen molar-refractivity contribution < 1.29 is 0 Å². The van der Waals surface area contributed by atoms with Gasteiger partial charge in [0.15, 0.2) is 0 Å². The highest BCUT2D eigenvalue weighted by atomic mass is 15.2. The average Bonchev–Trinajstić information content (AvgIpc) is 1.51. The molecule has 13 aromatic carbocycles. The SMILES string of the molecule is C1=CC2(c3ccc4c(c3)c3cc(C5=CC=C6C(C5)c5cc(-c7ccc8c(c7)c7ccccc7n8-c7ccccc7)ccc5N6c5ccccc5)ccc3n4-c3ccccc3)CC2c2c1n(-c1ccccc1)c1ccc(-c3ccc4c(c3)c3ccccc3n4-c3ccccc3)cc21. The molecule has 3 aliphatic carbocycles. The molecule has 0 amide bonds. The molecule has 5 heterocycles. The number of nitrogens with zero attached hydrogens (tertiary/aromatic N) is 5. The van der Waals surface area contributed by atoms with Crippen molar-refractivity contribution in [3.8, 4) is 45.0 Å². The monoisotopic (exact) mass is 1220 g/mol. The van der Waals surface area contributed by atoms with E-state index in [1.165, 1.54) is 172 Å². The Bertz CT molecular complexity index is 6200. The number of allylic oxidation sites excluding steroid dienone is 5. The van der Waals surface area contributed by atoms with Crippen molar-refractivity contribution in [2.45, 2.75) is 30.1 Å². The van der Waals surface area contributed by atoms with E-state index >= 15 is 0 Å². The molecule has 0 spiro atoms. The molecule has 1 saturated carbocycles. The fraction of sp³-hybridized carbons (Fsp3) is 0.0549. The normalized spacial score (nSPS) is 17.0. The Morgan fingerprint density at radius 2 is 0.719 bits per heavy atom. The van der Waals surface area contributed by atoms with Gasteiger partial charge in [0.25, 0.3) is 0 Å². The van der Waals surface area contributed by atoms with Gasteiger partial charge >= 0.3 is 0 Å². The number of hydrogen-bond donors (Lipinski definition) is 0. The molecule has 17 aromatic rings. The predicted molar refractivity (Wildman–Crippen MR) is 400 cm³/mol. The van der Waals surface area contributed by atoms with Gasteiger partial charge in [0.1, 0.15) is 0 Å². The Hall–Kier alpha value is -12.2. The van der Waals surface area contributed by atoms with Gasteiger partial charge in [-0.3, -0.25) is 0 Å². The third-order valence-corrected chi connectivity index (χ3v) is 21.8. The van der Waals surface area contributed by atoms with Crippen LogP contribution in [0.3, 0.4) is 0 Å². The van der Waals surface area contributed by atoms with Crippen molar-refractivity contribution in [3.63, 3.8) is 0 Å². The van der Waals surface area contributed by atoms with E-state index in [2.05, 4.69) is 357 Å². The van der Waals surface area contributed by atoms with Crippen molar-refractivity contribution in [3.05, 3.63) is 361 Å². The van der Waals surface area contributed by atoms with Crippen LogP contribution in [0, 0.1) is 0 Å². The lowest BCUT2D eigenvalue weighted by atomic mass is 9.83. The minimum absolute atomic E-state index is 0.150. The first kappa shape index (κ1) is 53.3. The van der Waals surface area contributed by atoms with E-state index in [0.717, 1.165) is 12.8 Å². The summed E-state index contributed by atoms with van der Waals surface area (Å²) in [6.45, 7) is 0. The maximum atomic E-state index is 2.57. The lowest BCUT2D eigenvalue weighted by Gasteiger charge is -2.26. The van der Waals surface area contributed by atoms with Crippen LogP contribution in [0.1, 0.15) is 52.6 Å². The van der Waals surface area contributed by atoms with Gasteiger partial charge in [-0.1, -0.05) is 176 Å². The van der Waals surface area contributed by atoms with Gasteiger partial charge in [-0.25, -0.2) is 0 Å². The maximum absolute atomic E-state index is 2.57. The molecule has 0 bridgehead atoms. The number of rotatable bonds is 9. The number of para-hydroxylation sites is 7. The van der Waals surface area contributed by atoms with Crippen molar-refractivity contribution in [2.75, 3.05) is 4.90 Å². The molecule has 0 radical (unpaired) electrons. The minimum atomic E-state index is -0.150. The highest BCUT2D eigenvalue weighted by Crippen LogP contribution is 2.67. The maximum Gasteiger partial charge on any atom is 0.0541 e. The first-order valence-corrected chi connectivity index (χ1v) is 33.7. The van der Waals surface area contributed by atoms with Gasteiger partial charge in [0.05, 0.1) is 44.3 Å². The van der Waals surface area contributed by atoms with Crippen LogP contribution in [0.5, 0.6) is 0 Å². The van der Waals surface area contributed by atoms with E-state index in [-0.39, 0.29) is 11.3 Å². The Labute approximate surface area is 555 Å². The fourth-order valence-corrected chi connectivity index (χ4v) is 17.4. The Morgan fingerprint density at radius 1 is 0.312 bits per heavy atom. The lowest BCUT2D eigenvalue weighted by molar-refractivity contribution is 0.832. The molecule has 0 saturated heterocycles. The van der Waals surface area contributed by atoms with Gasteiger partial charge in [0.2, 0.25) is 0 Å². The second kappa shape index (κ2) is 20.4. The summed E-state index contributed by atoms with van der Waals surface area (Å²) in [7, 11) is 0. The second-order valence-electron chi connectivity index (χ2n) is 26.8. The van der Waals surface area contributed by atoms with Crippen molar-refractivity contribution in [1.29, 1.82) is 0 Å². The molecule has 1 aliphatic heterocycles. The van der Waals surface area contributed by atoms with E-state index in [4.69, 9.17) is 0 Å². The van der Waals surface area contributed by atoms with E-state index in [0.29, 0.717) is 5.92 Å². The fourth-order valence-electron chi connectivity index (χ4n) is 17.4. The summed E-state index contributed by atoms with van der Waals surface area (Å²) in [5.74, 6) is 0.469. The van der Waals surface area contributed by atoms with Crippen LogP contribution < -0.4 is 4.90 Å². The number of fused-ring (bicyclic) bond motifs is 17. The summed E-state index contributed by atoms with van der Waals surface area (Å²) in [6, 6.07) is 115. The number of benzene rings is 13. The molecule has 3 unspecified atom stereocenters. The average molecular weight is 1220 g/mol. The standard InChI is InChI=1S/C91H61N5/c1-6-20-65(21-7-1)92-80-32-18-16-30-70(80)72-50-58(34-41-82(72)92)60-36-43-84-74(52-60)75-53-61(37-44-85(75)94(84)67-24-10-3-11-25-67)62-38-45-86-76(54-62)77-56-64(40-47-87(77)95(86)68-26-12-4-13-27-68)91-49-48-89-90(79(91)57-91)78-55-63(39-46-88(78)96(89)69-28-14-5-15-29-69)59-35-42-83-73(51-59)71-31-17-19-33-81(71)93(83)66-22-8-2-9-23-66/h1-52,54-56,75,79H,53,57H2. The zero-order chi connectivity index (χ0) is 62.7. The molecule has 0 N–H and O–H groups in total. The molecular weight excluding hydrogens is 1160 g/mol. The molecule has 4 aliphatic rings. The molecule has 5 heteroatoms. The first-order chi connectivity index (χ1) is 47.6. The Morgan fingerprint density at radius 3 is 1.27 bits per heavy atom. The third kappa shape index (κ3) is 7.80. The summed E-state index contributed by atoms with van der Waals surface area (Å²) in [4.78, 5) is 2.50. The topological polar surface area (TPSA) is 23.0 Å². The third-order valence-electron chi connectivity index (χ3n) is 21.8. The van der Waals surface area contributed by atoms with Crippen LogP contribution in [-0.2, 0) is 5.41 Å². The van der Waals surface area contributed by atoms with Crippen molar-refractivity contribution in [2.24, 2.45) is 0 Å². The van der Waals surface area contributed by atoms with Crippen LogP contribution in [0.15, 0.2) is 333 Å². The number of hydrogen-bond acceptors (Lipinski definition) is 1. The van der Waals surface area contributed by atoms with E-state index in [1.54, 1.807) is 0 Å². The zero-order valence-electron chi connectivity index (χ0n) is 52.6. The highest BCUT2D eigenvalue weighted by molar-refractivity contribution is 6.13. The van der Waals surface area contributed by atoms with Crippen LogP contribution in [0.2, 0.25) is 0 Å². The molecule has 21 rings (SSSR count). The second-order valence-corrected chi connectivity index (χ2v) is 26.8. The van der Waals surface area contributed by atoms with Crippen LogP contribution in [0.4, 0.5) is 11.4 Å². The summed E-state index contributed by atoms with van der Waals surface area (Å²) < 4.78 is 9.80. The summed E-state index contributed by atoms with van der Waals surface area (Å²) in [6.07, 6.45) is 11.8. The summed E-state index contributed by atoms with van der Waals surface area (Å²) >= 11 is 0. The van der Waals surface area contributed by atoms with E-state index in [1.807, 2.05) is 0 Å². The molecule has 5 nitrogen and oxygen atoms in total. The largest absolute Gasteiger partial charge is 0.313 e. The van der Waals surface area contributed by atoms with Gasteiger partial charge in [-0.05, 0) is 221 Å². The number of aromatic nitrogens is 4. The quantitative estimate of drug-likeness (QED) is 0.141. The number of anilines is 2. The Kier molecular flexibility index (Phi) is 11.3. The molecular formula is C91H61N5. The molecule has 3 atom stereocenters. The van der Waals surface area contributed by atoms with Crippen molar-refractivity contribution >= 4 is 99.3 Å². The van der Waals surface area contributed by atoms with E-state index in [9.17, 15) is 0 Å². The van der Waals surface area contributed by atoms with Crippen molar-refractivity contribution in [1.82, 2.24) is 18.3 Å². The van der Waals surface area contributed by atoms with Gasteiger partial charge in [-0.2, -0.15) is 0 Å².